The third-order valence-corrected chi connectivity index (χ3v) is 4.57. The first kappa shape index (κ1) is 27.1. The minimum absolute atomic E-state index is 0.238. The third kappa shape index (κ3) is 17.2. The van der Waals surface area contributed by atoms with E-state index in [0.717, 1.165) is 44.5 Å². The maximum atomic E-state index is 5.92. The number of hydrogen-bond donors (Lipinski definition) is 0. The molecule has 0 aliphatic heterocycles. The highest BCUT2D eigenvalue weighted by atomic mass is 16.7. The quantitative estimate of drug-likeness (QED) is 0.106. The van der Waals surface area contributed by atoms with Crippen LogP contribution in [0, 0.1) is 0 Å². The molecule has 4 nitrogen and oxygen atoms in total. The van der Waals surface area contributed by atoms with Crippen LogP contribution in [0.3, 0.4) is 0 Å². The van der Waals surface area contributed by atoms with Crippen LogP contribution in [0.4, 0.5) is 0 Å². The molecule has 0 aromatic heterocycles. The first-order valence-electron chi connectivity index (χ1n) is 12.0. The van der Waals surface area contributed by atoms with Crippen molar-refractivity contribution in [3.63, 3.8) is 0 Å². The van der Waals surface area contributed by atoms with E-state index in [4.69, 9.17) is 18.9 Å². The SMILES string of the molecule is CCCCCCCCCCOCO/C(OCCC)=C(/CCCCC)OCCC. The lowest BCUT2D eigenvalue weighted by atomic mass is 10.1. The lowest BCUT2D eigenvalue weighted by Gasteiger charge is -2.17. The van der Waals surface area contributed by atoms with Crippen molar-refractivity contribution >= 4 is 0 Å². The van der Waals surface area contributed by atoms with E-state index in [0.29, 0.717) is 19.2 Å². The summed E-state index contributed by atoms with van der Waals surface area (Å²) in [6.45, 7) is 11.0. The minimum Gasteiger partial charge on any atom is -0.491 e. The van der Waals surface area contributed by atoms with Gasteiger partial charge in [-0.3, -0.25) is 0 Å². The Morgan fingerprint density at radius 3 is 1.71 bits per heavy atom. The van der Waals surface area contributed by atoms with Gasteiger partial charge in [-0.15, -0.1) is 0 Å². The van der Waals surface area contributed by atoms with Gasteiger partial charge in [0, 0.05) is 6.42 Å². The summed E-state index contributed by atoms with van der Waals surface area (Å²) in [6, 6.07) is 0. The molecule has 0 saturated carbocycles. The highest BCUT2D eigenvalue weighted by Crippen LogP contribution is 2.18. The molecule has 0 rings (SSSR count). The fraction of sp³-hybridized carbons (Fsp3) is 0.917. The maximum Gasteiger partial charge on any atom is 0.321 e. The van der Waals surface area contributed by atoms with Crippen LogP contribution in [0.25, 0.3) is 0 Å². The Labute approximate surface area is 175 Å². The number of rotatable bonds is 22. The summed E-state index contributed by atoms with van der Waals surface area (Å²) >= 11 is 0. The summed E-state index contributed by atoms with van der Waals surface area (Å²) in [5.41, 5.74) is 0. The second-order valence-corrected chi connectivity index (χ2v) is 7.51. The molecule has 0 atom stereocenters. The van der Waals surface area contributed by atoms with Gasteiger partial charge in [0.05, 0.1) is 19.8 Å². The molecular weight excluding hydrogens is 352 g/mol. The second-order valence-electron chi connectivity index (χ2n) is 7.51. The highest BCUT2D eigenvalue weighted by Gasteiger charge is 2.12. The molecule has 4 heteroatoms. The van der Waals surface area contributed by atoms with E-state index in [1.54, 1.807) is 0 Å². The van der Waals surface area contributed by atoms with Crippen LogP contribution >= 0.6 is 0 Å². The summed E-state index contributed by atoms with van der Waals surface area (Å²) in [5, 5.41) is 0. The predicted octanol–water partition coefficient (Wildman–Crippen LogP) is 7.72. The zero-order valence-electron chi connectivity index (χ0n) is 19.4. The van der Waals surface area contributed by atoms with E-state index in [9.17, 15) is 0 Å². The fourth-order valence-electron chi connectivity index (χ4n) is 2.88. The minimum atomic E-state index is 0.238. The summed E-state index contributed by atoms with van der Waals surface area (Å²) in [7, 11) is 0. The van der Waals surface area contributed by atoms with Crippen molar-refractivity contribution in [1.29, 1.82) is 0 Å². The summed E-state index contributed by atoms with van der Waals surface area (Å²) in [4.78, 5) is 0. The molecule has 0 aromatic rings. The number of hydrogen-bond acceptors (Lipinski definition) is 4. The number of allylic oxidation sites excluding steroid dienone is 1. The van der Waals surface area contributed by atoms with Gasteiger partial charge in [-0.1, -0.05) is 85.5 Å². The summed E-state index contributed by atoms with van der Waals surface area (Å²) in [5.74, 6) is 1.38. The Bertz CT molecular complexity index is 341. The molecule has 168 valence electrons. The van der Waals surface area contributed by atoms with Gasteiger partial charge >= 0.3 is 5.95 Å². The van der Waals surface area contributed by atoms with Gasteiger partial charge in [-0.2, -0.15) is 0 Å². The lowest BCUT2D eigenvalue weighted by Crippen LogP contribution is -2.10. The van der Waals surface area contributed by atoms with Crippen molar-refractivity contribution in [2.24, 2.45) is 0 Å². The molecule has 0 aromatic carbocycles. The molecule has 0 N–H and O–H groups in total. The molecule has 0 radical (unpaired) electrons. The van der Waals surface area contributed by atoms with E-state index >= 15 is 0 Å². The molecular formula is C24H48O4. The third-order valence-electron chi connectivity index (χ3n) is 4.57. The molecule has 0 amide bonds. The number of ether oxygens (including phenoxy) is 4. The maximum absolute atomic E-state index is 5.92. The van der Waals surface area contributed by atoms with Crippen LogP contribution in [0.2, 0.25) is 0 Å². The summed E-state index contributed by atoms with van der Waals surface area (Å²) < 4.78 is 23.2. The lowest BCUT2D eigenvalue weighted by molar-refractivity contribution is -0.0840. The Balaban J connectivity index is 4.15. The Hall–Kier alpha value is -0.900. The average Bonchev–Trinajstić information content (AvgIpc) is 2.71. The van der Waals surface area contributed by atoms with E-state index in [-0.39, 0.29) is 6.79 Å². The molecule has 0 saturated heterocycles. The Kier molecular flexibility index (Phi) is 21.7. The molecule has 0 fully saturated rings. The molecule has 0 bridgehead atoms. The summed E-state index contributed by atoms with van der Waals surface area (Å²) in [6.07, 6.45) is 16.7. The van der Waals surface area contributed by atoms with E-state index in [1.165, 1.54) is 57.8 Å². The molecule has 0 aliphatic rings. The van der Waals surface area contributed by atoms with Gasteiger partial charge in [0.1, 0.15) is 0 Å². The monoisotopic (exact) mass is 400 g/mol. The van der Waals surface area contributed by atoms with Gasteiger partial charge in [-0.05, 0) is 25.7 Å². The van der Waals surface area contributed by atoms with E-state index < -0.39 is 0 Å². The molecule has 28 heavy (non-hydrogen) atoms. The molecule has 0 unspecified atom stereocenters. The van der Waals surface area contributed by atoms with Crippen LogP contribution < -0.4 is 0 Å². The van der Waals surface area contributed by atoms with Gasteiger partial charge in [0.25, 0.3) is 0 Å². The smallest absolute Gasteiger partial charge is 0.321 e. The zero-order chi connectivity index (χ0) is 20.7. The van der Waals surface area contributed by atoms with Crippen molar-refractivity contribution in [2.45, 2.75) is 118 Å². The van der Waals surface area contributed by atoms with Crippen LogP contribution in [-0.4, -0.2) is 26.6 Å². The van der Waals surface area contributed by atoms with Crippen LogP contribution in [0.1, 0.15) is 118 Å². The van der Waals surface area contributed by atoms with Crippen molar-refractivity contribution in [1.82, 2.24) is 0 Å². The Morgan fingerprint density at radius 2 is 1.07 bits per heavy atom. The average molecular weight is 401 g/mol. The Morgan fingerprint density at radius 1 is 0.500 bits per heavy atom. The molecule has 0 aliphatic carbocycles. The second kappa shape index (κ2) is 22.4. The van der Waals surface area contributed by atoms with Gasteiger partial charge in [0.15, 0.2) is 12.6 Å². The zero-order valence-corrected chi connectivity index (χ0v) is 19.4. The first-order chi connectivity index (χ1) is 13.8. The molecule has 0 heterocycles. The van der Waals surface area contributed by atoms with Crippen LogP contribution in [-0.2, 0) is 18.9 Å². The highest BCUT2D eigenvalue weighted by molar-refractivity contribution is 4.95. The first-order valence-corrected chi connectivity index (χ1v) is 12.0. The van der Waals surface area contributed by atoms with Gasteiger partial charge < -0.3 is 18.9 Å². The van der Waals surface area contributed by atoms with Crippen molar-refractivity contribution in [3.8, 4) is 0 Å². The normalized spacial score (nSPS) is 12.0. The fourth-order valence-corrected chi connectivity index (χ4v) is 2.88. The van der Waals surface area contributed by atoms with Crippen molar-refractivity contribution in [3.05, 3.63) is 11.7 Å². The van der Waals surface area contributed by atoms with Crippen molar-refractivity contribution < 1.29 is 18.9 Å². The topological polar surface area (TPSA) is 36.9 Å². The van der Waals surface area contributed by atoms with Crippen LogP contribution in [0.5, 0.6) is 0 Å². The standard InChI is InChI=1S/C24H48O4/c1-5-9-11-12-13-14-15-17-21-25-22-28-24(27-20-8-4)23(26-19-7-3)18-16-10-6-2/h5-22H2,1-4H3/b24-23-. The van der Waals surface area contributed by atoms with E-state index in [2.05, 4.69) is 27.7 Å². The van der Waals surface area contributed by atoms with Crippen molar-refractivity contribution in [2.75, 3.05) is 26.6 Å². The van der Waals surface area contributed by atoms with Crippen LogP contribution in [0.15, 0.2) is 11.7 Å². The van der Waals surface area contributed by atoms with Gasteiger partial charge in [-0.25, -0.2) is 0 Å². The van der Waals surface area contributed by atoms with Gasteiger partial charge in [0.2, 0.25) is 0 Å². The predicted molar refractivity (Wildman–Crippen MR) is 118 cm³/mol. The largest absolute Gasteiger partial charge is 0.491 e. The molecule has 0 spiro atoms. The number of unbranched alkanes of at least 4 members (excludes halogenated alkanes) is 9. The van der Waals surface area contributed by atoms with E-state index in [1.807, 2.05) is 0 Å².